The Balaban J connectivity index is 2.12. The number of thioether (sulfide) groups is 2. The smallest absolute Gasteiger partial charge is 0.412 e. The van der Waals surface area contributed by atoms with Crippen molar-refractivity contribution in [3.8, 4) is 0 Å². The van der Waals surface area contributed by atoms with Gasteiger partial charge in [0.05, 0.1) is 17.1 Å². The van der Waals surface area contributed by atoms with Crippen molar-refractivity contribution in [3.05, 3.63) is 29.9 Å². The van der Waals surface area contributed by atoms with Gasteiger partial charge >= 0.3 is 6.09 Å². The van der Waals surface area contributed by atoms with Gasteiger partial charge in [0, 0.05) is 12.1 Å². The molecule has 2 aromatic rings. The molecule has 0 aromatic carbocycles. The molecule has 0 aliphatic carbocycles. The summed E-state index contributed by atoms with van der Waals surface area (Å²) < 4.78 is 21.0. The molecule has 0 radical (unpaired) electrons. The van der Waals surface area contributed by atoms with Crippen LogP contribution in [-0.2, 0) is 13.9 Å². The van der Waals surface area contributed by atoms with Crippen molar-refractivity contribution >= 4 is 71.4 Å². The number of aromatic nitrogens is 2. The lowest BCUT2D eigenvalue weighted by Gasteiger charge is -2.37. The van der Waals surface area contributed by atoms with Crippen molar-refractivity contribution in [2.45, 2.75) is 63.8 Å². The molecule has 4 atom stereocenters. The average molecular weight is 574 g/mol. The van der Waals surface area contributed by atoms with Crippen LogP contribution in [0.15, 0.2) is 30.2 Å². The first kappa shape index (κ1) is 28.5. The average Bonchev–Trinajstić information content (AvgIpc) is 3.47. The third kappa shape index (κ3) is 6.45. The number of thiazole rings is 1. The normalized spacial score (nSPS) is 21.5. The van der Waals surface area contributed by atoms with Crippen molar-refractivity contribution in [1.82, 2.24) is 14.3 Å². The number of rotatable bonds is 8. The fourth-order valence-corrected chi connectivity index (χ4v) is 7.17. The molecule has 35 heavy (non-hydrogen) atoms. The van der Waals surface area contributed by atoms with E-state index in [4.69, 9.17) is 26.1 Å². The van der Waals surface area contributed by atoms with Gasteiger partial charge in [0.2, 0.25) is 4.38 Å². The minimum absolute atomic E-state index is 0.0946. The molecule has 1 saturated heterocycles. The van der Waals surface area contributed by atoms with E-state index in [1.807, 2.05) is 18.7 Å². The Morgan fingerprint density at radius 1 is 1.43 bits per heavy atom. The zero-order chi connectivity index (χ0) is 25.9. The highest BCUT2D eigenvalue weighted by Gasteiger charge is 2.53. The van der Waals surface area contributed by atoms with Gasteiger partial charge in [-0.3, -0.25) is 9.30 Å². The minimum atomic E-state index is -1.49. The molecule has 12 heteroatoms. The van der Waals surface area contributed by atoms with Crippen molar-refractivity contribution in [2.24, 2.45) is 11.3 Å². The van der Waals surface area contributed by atoms with E-state index in [1.54, 1.807) is 34.1 Å². The Morgan fingerprint density at radius 3 is 2.71 bits per heavy atom. The summed E-state index contributed by atoms with van der Waals surface area (Å²) >= 11 is 10.1. The lowest BCUT2D eigenvalue weighted by atomic mass is 9.78. The number of ether oxygens (including phenoxy) is 2. The van der Waals surface area contributed by atoms with Gasteiger partial charge in [0.15, 0.2) is 20.3 Å². The molecule has 0 spiro atoms. The van der Waals surface area contributed by atoms with Crippen LogP contribution < -0.4 is 0 Å². The third-order valence-electron chi connectivity index (χ3n) is 5.94. The molecule has 7 nitrogen and oxygen atoms in total. The van der Waals surface area contributed by atoms with Gasteiger partial charge in [-0.05, 0) is 49.7 Å². The summed E-state index contributed by atoms with van der Waals surface area (Å²) in [6.45, 7) is 14.7. The van der Waals surface area contributed by atoms with Crippen LogP contribution in [0.4, 0.5) is 4.79 Å². The predicted molar refractivity (Wildman–Crippen MR) is 153 cm³/mol. The number of hydrogen-bond acceptors (Lipinski definition) is 9. The number of likely N-dealkylation sites (tertiary alicyclic amines) is 1. The molecular formula is C23H35N3O4S4Si. The van der Waals surface area contributed by atoms with Gasteiger partial charge in [-0.25, -0.2) is 9.78 Å². The van der Waals surface area contributed by atoms with E-state index in [9.17, 15) is 4.79 Å². The molecule has 1 amide bonds. The Hall–Kier alpha value is -1.05. The van der Waals surface area contributed by atoms with Crippen LogP contribution in [0.3, 0.4) is 0 Å². The summed E-state index contributed by atoms with van der Waals surface area (Å²) in [5.74, 6) is 0.0991. The first-order valence-corrected chi connectivity index (χ1v) is 17.9. The number of thiocarbonyl (C=S) groups is 1. The van der Waals surface area contributed by atoms with Gasteiger partial charge in [-0.2, -0.15) is 0 Å². The summed E-state index contributed by atoms with van der Waals surface area (Å²) in [6, 6.07) is -0.312. The second-order valence-corrected chi connectivity index (χ2v) is 15.3. The standard InChI is InChI=1S/C23H35N3O4S4Si/c1-9-10-28-21(27)26-15(11-14(23(2,3)4)19(26)30-35(7)8)18(29-22(31)33-6)16-13-25-17(34-16)12-24-20(25)32-5/h9,12-15,18-19,35H,1,10-11H2,2-8H3/t14-,15-,18?,19?/m0/s1. The van der Waals surface area contributed by atoms with E-state index < -0.39 is 27.5 Å². The number of amides is 1. The number of nitrogens with zero attached hydrogens (tertiary/aromatic N) is 3. The van der Waals surface area contributed by atoms with Crippen LogP contribution >= 0.6 is 47.1 Å². The van der Waals surface area contributed by atoms with Crippen molar-refractivity contribution in [1.29, 1.82) is 0 Å². The molecule has 3 heterocycles. The van der Waals surface area contributed by atoms with E-state index in [2.05, 4.69) is 56.0 Å². The molecule has 2 aromatic heterocycles. The fraction of sp³-hybridized carbons (Fsp3) is 0.609. The molecule has 0 N–H and O–H groups in total. The van der Waals surface area contributed by atoms with E-state index in [-0.39, 0.29) is 24.0 Å². The molecular weight excluding hydrogens is 539 g/mol. The molecule has 0 saturated carbocycles. The second kappa shape index (κ2) is 12.0. The van der Waals surface area contributed by atoms with E-state index in [0.717, 1.165) is 14.9 Å². The first-order chi connectivity index (χ1) is 16.5. The van der Waals surface area contributed by atoms with E-state index >= 15 is 0 Å². The van der Waals surface area contributed by atoms with Gasteiger partial charge < -0.3 is 13.9 Å². The largest absolute Gasteiger partial charge is 0.467 e. The van der Waals surface area contributed by atoms with E-state index in [1.165, 1.54) is 11.8 Å². The first-order valence-electron chi connectivity index (χ1n) is 11.5. The van der Waals surface area contributed by atoms with Gasteiger partial charge in [0.25, 0.3) is 0 Å². The fourth-order valence-electron chi connectivity index (χ4n) is 4.37. The number of fused-ring (bicyclic) bond motifs is 1. The summed E-state index contributed by atoms with van der Waals surface area (Å²) in [7, 11) is -1.49. The number of carbonyl (C=O) groups excluding carboxylic acids is 1. The maximum atomic E-state index is 13.5. The van der Waals surface area contributed by atoms with Crippen molar-refractivity contribution in [2.75, 3.05) is 19.1 Å². The topological polar surface area (TPSA) is 65.3 Å². The van der Waals surface area contributed by atoms with E-state index in [0.29, 0.717) is 10.8 Å². The van der Waals surface area contributed by atoms with Crippen LogP contribution in [0.5, 0.6) is 0 Å². The molecule has 2 unspecified atom stereocenters. The maximum absolute atomic E-state index is 13.5. The zero-order valence-electron chi connectivity index (χ0n) is 21.3. The SMILES string of the molecule is C=CCOC(=O)N1C(O[SiH](C)C)[C@@H](C(C)(C)C)C[C@H]1C(OC(=S)SC)c1cn2c(SC)ncc2s1. The molecule has 1 aliphatic rings. The van der Waals surface area contributed by atoms with Gasteiger partial charge in [-0.1, -0.05) is 56.9 Å². The molecule has 3 rings (SSSR count). The molecule has 194 valence electrons. The van der Waals surface area contributed by atoms with Crippen LogP contribution in [0, 0.1) is 11.3 Å². The molecule has 1 fully saturated rings. The van der Waals surface area contributed by atoms with Crippen LogP contribution in [0.25, 0.3) is 4.83 Å². The number of hydrogen-bond donors (Lipinski definition) is 0. The van der Waals surface area contributed by atoms with Crippen molar-refractivity contribution < 1.29 is 18.7 Å². The summed E-state index contributed by atoms with van der Waals surface area (Å²) in [6.07, 6.45) is 8.83. The van der Waals surface area contributed by atoms with Gasteiger partial charge in [-0.15, -0.1) is 11.3 Å². The summed E-state index contributed by atoms with van der Waals surface area (Å²) in [5, 5.41) is 0.905. The predicted octanol–water partition coefficient (Wildman–Crippen LogP) is 6.21. The quantitative estimate of drug-likeness (QED) is 0.160. The second-order valence-electron chi connectivity index (χ2n) is 9.70. The number of carbonyl (C=O) groups is 1. The summed E-state index contributed by atoms with van der Waals surface area (Å²) in [4.78, 5) is 21.7. The van der Waals surface area contributed by atoms with Crippen molar-refractivity contribution in [3.63, 3.8) is 0 Å². The lowest BCUT2D eigenvalue weighted by Crippen LogP contribution is -2.49. The van der Waals surface area contributed by atoms with Crippen LogP contribution in [-0.4, -0.2) is 65.2 Å². The van der Waals surface area contributed by atoms with Crippen LogP contribution in [0.2, 0.25) is 13.1 Å². The lowest BCUT2D eigenvalue weighted by molar-refractivity contribution is -0.0266. The van der Waals surface area contributed by atoms with Crippen LogP contribution in [0.1, 0.15) is 38.2 Å². The van der Waals surface area contributed by atoms with Gasteiger partial charge in [0.1, 0.15) is 17.7 Å². The highest BCUT2D eigenvalue weighted by Crippen LogP contribution is 2.48. The Bertz CT molecular complexity index is 1050. The maximum Gasteiger partial charge on any atom is 0.412 e. The third-order valence-corrected chi connectivity index (χ3v) is 9.54. The number of imidazole rings is 1. The summed E-state index contributed by atoms with van der Waals surface area (Å²) in [5.41, 5.74) is -0.0946. The Kier molecular flexibility index (Phi) is 9.77. The zero-order valence-corrected chi connectivity index (χ0v) is 25.8. The highest BCUT2D eigenvalue weighted by atomic mass is 32.2. The minimum Gasteiger partial charge on any atom is -0.467 e. The molecule has 1 aliphatic heterocycles. The Morgan fingerprint density at radius 2 is 2.14 bits per heavy atom. The highest BCUT2D eigenvalue weighted by molar-refractivity contribution is 8.22. The monoisotopic (exact) mass is 573 g/mol. The molecule has 0 bridgehead atoms. The Labute approximate surface area is 227 Å².